The fraction of sp³-hybridized carbons (Fsp3) is 0.333. The number of benzene rings is 1. The zero-order valence-corrected chi connectivity index (χ0v) is 8.88. The van der Waals surface area contributed by atoms with Crippen molar-refractivity contribution in [1.29, 1.82) is 0 Å². The van der Waals surface area contributed by atoms with Crippen molar-refractivity contribution in [3.05, 3.63) is 35.8 Å². The van der Waals surface area contributed by atoms with E-state index in [1.54, 1.807) is 0 Å². The molecule has 1 atom stereocenters. The molecule has 2 nitrogen and oxygen atoms in total. The molecular weight excluding hydrogens is 193 g/mol. The van der Waals surface area contributed by atoms with E-state index in [9.17, 15) is 4.39 Å². The Hall–Kier alpha value is -1.35. The van der Waals surface area contributed by atoms with E-state index in [1.807, 2.05) is 25.2 Å². The second kappa shape index (κ2) is 4.03. The van der Waals surface area contributed by atoms with Crippen molar-refractivity contribution >= 4 is 11.0 Å². The van der Waals surface area contributed by atoms with Crippen LogP contribution in [-0.2, 0) is 6.42 Å². The smallest absolute Gasteiger partial charge is 0.169 e. The first-order chi connectivity index (χ1) is 7.20. The molecule has 0 saturated carbocycles. The van der Waals surface area contributed by atoms with Crippen molar-refractivity contribution in [2.24, 2.45) is 0 Å². The molecular formula is C12H14FNO. The van der Waals surface area contributed by atoms with Gasteiger partial charge in [-0.15, -0.1) is 0 Å². The van der Waals surface area contributed by atoms with Gasteiger partial charge >= 0.3 is 0 Å². The normalized spacial score (nSPS) is 13.3. The summed E-state index contributed by atoms with van der Waals surface area (Å²) >= 11 is 0. The molecule has 0 aliphatic carbocycles. The summed E-state index contributed by atoms with van der Waals surface area (Å²) in [5.74, 6) is -0.288. The summed E-state index contributed by atoms with van der Waals surface area (Å²) in [5.41, 5.74) is 1.72. The SMILES string of the molecule is CN[C@H](C)Cc1ccc2occ(F)c2c1. The van der Waals surface area contributed by atoms with E-state index in [2.05, 4.69) is 12.2 Å². The van der Waals surface area contributed by atoms with Gasteiger partial charge in [-0.2, -0.15) is 0 Å². The summed E-state index contributed by atoms with van der Waals surface area (Å²) in [6.45, 7) is 2.09. The van der Waals surface area contributed by atoms with E-state index in [0.29, 0.717) is 17.0 Å². The summed E-state index contributed by atoms with van der Waals surface area (Å²) in [4.78, 5) is 0. The number of furan rings is 1. The van der Waals surface area contributed by atoms with Crippen molar-refractivity contribution in [1.82, 2.24) is 5.32 Å². The van der Waals surface area contributed by atoms with Gasteiger partial charge in [-0.25, -0.2) is 4.39 Å². The highest BCUT2D eigenvalue weighted by atomic mass is 19.1. The fourth-order valence-electron chi connectivity index (χ4n) is 1.63. The number of halogens is 1. The quantitative estimate of drug-likeness (QED) is 0.837. The first-order valence-corrected chi connectivity index (χ1v) is 5.03. The van der Waals surface area contributed by atoms with E-state index in [0.717, 1.165) is 18.2 Å². The Balaban J connectivity index is 2.33. The van der Waals surface area contributed by atoms with Crippen molar-refractivity contribution < 1.29 is 8.81 Å². The Kier molecular flexibility index (Phi) is 2.73. The van der Waals surface area contributed by atoms with Gasteiger partial charge in [-0.1, -0.05) is 6.07 Å². The monoisotopic (exact) mass is 207 g/mol. The average molecular weight is 207 g/mol. The topological polar surface area (TPSA) is 25.2 Å². The van der Waals surface area contributed by atoms with Crippen LogP contribution in [0.1, 0.15) is 12.5 Å². The Morgan fingerprint density at radius 2 is 2.27 bits per heavy atom. The van der Waals surface area contributed by atoms with Crippen LogP contribution in [0.5, 0.6) is 0 Å². The van der Waals surface area contributed by atoms with E-state index in [-0.39, 0.29) is 5.82 Å². The molecule has 1 aromatic heterocycles. The third-order valence-corrected chi connectivity index (χ3v) is 2.63. The Labute approximate surface area is 88.1 Å². The van der Waals surface area contributed by atoms with Crippen molar-refractivity contribution in [3.63, 3.8) is 0 Å². The first-order valence-electron chi connectivity index (χ1n) is 5.03. The van der Waals surface area contributed by atoms with Gasteiger partial charge in [-0.05, 0) is 38.1 Å². The Bertz CT molecular complexity index is 464. The lowest BCUT2D eigenvalue weighted by molar-refractivity contribution is 0.558. The van der Waals surface area contributed by atoms with Crippen molar-refractivity contribution in [3.8, 4) is 0 Å². The maximum atomic E-state index is 13.2. The van der Waals surface area contributed by atoms with Crippen LogP contribution in [0.2, 0.25) is 0 Å². The summed E-state index contributed by atoms with van der Waals surface area (Å²) < 4.78 is 18.3. The molecule has 0 aliphatic heterocycles. The highest BCUT2D eigenvalue weighted by Crippen LogP contribution is 2.21. The van der Waals surface area contributed by atoms with Gasteiger partial charge in [0.2, 0.25) is 0 Å². The molecule has 1 N–H and O–H groups in total. The molecule has 3 heteroatoms. The van der Waals surface area contributed by atoms with Crippen LogP contribution in [0.4, 0.5) is 4.39 Å². The molecule has 15 heavy (non-hydrogen) atoms. The van der Waals surface area contributed by atoms with Gasteiger partial charge in [0.1, 0.15) is 11.8 Å². The summed E-state index contributed by atoms with van der Waals surface area (Å²) in [5, 5.41) is 3.72. The summed E-state index contributed by atoms with van der Waals surface area (Å²) in [6.07, 6.45) is 2.03. The maximum absolute atomic E-state index is 13.2. The lowest BCUT2D eigenvalue weighted by Gasteiger charge is -2.09. The molecule has 0 unspecified atom stereocenters. The molecule has 2 rings (SSSR count). The highest BCUT2D eigenvalue weighted by molar-refractivity contribution is 5.78. The van der Waals surface area contributed by atoms with E-state index in [4.69, 9.17) is 4.42 Å². The van der Waals surface area contributed by atoms with Crippen LogP contribution in [0, 0.1) is 5.82 Å². The molecule has 80 valence electrons. The van der Waals surface area contributed by atoms with Gasteiger partial charge in [0, 0.05) is 6.04 Å². The lowest BCUT2D eigenvalue weighted by atomic mass is 10.1. The number of hydrogen-bond donors (Lipinski definition) is 1. The predicted molar refractivity (Wildman–Crippen MR) is 58.4 cm³/mol. The molecule has 1 heterocycles. The van der Waals surface area contributed by atoms with E-state index < -0.39 is 0 Å². The lowest BCUT2D eigenvalue weighted by Crippen LogP contribution is -2.23. The van der Waals surface area contributed by atoms with Crippen LogP contribution in [0.25, 0.3) is 11.0 Å². The fourth-order valence-corrected chi connectivity index (χ4v) is 1.63. The molecule has 2 aromatic rings. The minimum Gasteiger partial charge on any atom is -0.461 e. The second-order valence-electron chi connectivity index (χ2n) is 3.81. The third-order valence-electron chi connectivity index (χ3n) is 2.63. The highest BCUT2D eigenvalue weighted by Gasteiger charge is 2.07. The number of hydrogen-bond acceptors (Lipinski definition) is 2. The minimum absolute atomic E-state index is 0.288. The molecule has 0 bridgehead atoms. The van der Waals surface area contributed by atoms with Crippen LogP contribution in [-0.4, -0.2) is 13.1 Å². The number of nitrogens with one attached hydrogen (secondary N) is 1. The minimum atomic E-state index is -0.288. The van der Waals surface area contributed by atoms with Crippen molar-refractivity contribution in [2.75, 3.05) is 7.05 Å². The van der Waals surface area contributed by atoms with Gasteiger partial charge in [0.15, 0.2) is 5.82 Å². The van der Waals surface area contributed by atoms with Crippen molar-refractivity contribution in [2.45, 2.75) is 19.4 Å². The standard InChI is InChI=1S/C12H14FNO/c1-8(14-2)5-9-3-4-12-10(6-9)11(13)7-15-12/h3-4,6-8,14H,5H2,1-2H3/t8-/m1/s1. The van der Waals surface area contributed by atoms with Gasteiger partial charge in [0.05, 0.1) is 5.39 Å². The predicted octanol–water partition coefficient (Wildman–Crippen LogP) is 2.72. The molecule has 0 amide bonds. The summed E-state index contributed by atoms with van der Waals surface area (Å²) in [7, 11) is 1.92. The van der Waals surface area contributed by atoms with Gasteiger partial charge < -0.3 is 9.73 Å². The Morgan fingerprint density at radius 1 is 1.47 bits per heavy atom. The molecule has 0 spiro atoms. The van der Waals surface area contributed by atoms with Crippen LogP contribution in [0.3, 0.4) is 0 Å². The molecule has 0 aliphatic rings. The second-order valence-corrected chi connectivity index (χ2v) is 3.81. The largest absolute Gasteiger partial charge is 0.461 e. The van der Waals surface area contributed by atoms with Crippen LogP contribution >= 0.6 is 0 Å². The van der Waals surface area contributed by atoms with Gasteiger partial charge in [-0.3, -0.25) is 0 Å². The number of likely N-dealkylation sites (N-methyl/N-ethyl adjacent to an activating group) is 1. The molecule has 0 radical (unpaired) electrons. The number of rotatable bonds is 3. The maximum Gasteiger partial charge on any atom is 0.169 e. The summed E-state index contributed by atoms with van der Waals surface area (Å²) in [6, 6.07) is 6.02. The van der Waals surface area contributed by atoms with Crippen LogP contribution < -0.4 is 5.32 Å². The first kappa shape index (κ1) is 10.2. The third kappa shape index (κ3) is 2.02. The van der Waals surface area contributed by atoms with Crippen LogP contribution in [0.15, 0.2) is 28.9 Å². The van der Waals surface area contributed by atoms with E-state index in [1.165, 1.54) is 0 Å². The molecule has 0 saturated heterocycles. The zero-order valence-electron chi connectivity index (χ0n) is 8.88. The molecule has 1 aromatic carbocycles. The Morgan fingerprint density at radius 3 is 3.00 bits per heavy atom. The van der Waals surface area contributed by atoms with E-state index >= 15 is 0 Å². The average Bonchev–Trinajstić information content (AvgIpc) is 2.60. The van der Waals surface area contributed by atoms with Gasteiger partial charge in [0.25, 0.3) is 0 Å². The number of fused-ring (bicyclic) bond motifs is 1. The molecule has 0 fully saturated rings. The zero-order chi connectivity index (χ0) is 10.8.